The molecule has 1 saturated carbocycles. The lowest BCUT2D eigenvalue weighted by atomic mass is 9.94. The van der Waals surface area contributed by atoms with Crippen LogP contribution in [0.15, 0.2) is 12.3 Å². The summed E-state index contributed by atoms with van der Waals surface area (Å²) in [7, 11) is 2.00. The second-order valence-corrected chi connectivity index (χ2v) is 5.26. The largest absolute Gasteiger partial charge is 0.462 e. The monoisotopic (exact) mass is 277 g/mol. The van der Waals surface area contributed by atoms with Crippen molar-refractivity contribution in [2.75, 3.05) is 24.3 Å². The standard InChI is InChI=1S/C15H23N3O2/c1-3-20-15(19)13-9-11(16)10-17-14(13)18(2)12-7-5-4-6-8-12/h9-10,12H,3-8,16H2,1-2H3. The third kappa shape index (κ3) is 3.21. The Labute approximate surface area is 120 Å². The molecular weight excluding hydrogens is 254 g/mol. The first-order valence-electron chi connectivity index (χ1n) is 7.29. The molecule has 0 saturated heterocycles. The highest BCUT2D eigenvalue weighted by Crippen LogP contribution is 2.28. The summed E-state index contributed by atoms with van der Waals surface area (Å²) in [6, 6.07) is 2.09. The van der Waals surface area contributed by atoms with Crippen LogP contribution in [-0.2, 0) is 4.74 Å². The maximum atomic E-state index is 12.1. The van der Waals surface area contributed by atoms with Gasteiger partial charge in [0, 0.05) is 13.1 Å². The number of nitrogen functional groups attached to an aromatic ring is 1. The van der Waals surface area contributed by atoms with Crippen molar-refractivity contribution < 1.29 is 9.53 Å². The lowest BCUT2D eigenvalue weighted by molar-refractivity contribution is 0.0526. The minimum Gasteiger partial charge on any atom is -0.462 e. The summed E-state index contributed by atoms with van der Waals surface area (Å²) < 4.78 is 5.10. The Hall–Kier alpha value is -1.78. The summed E-state index contributed by atoms with van der Waals surface area (Å²) in [5.41, 5.74) is 6.69. The van der Waals surface area contributed by atoms with Crippen LogP contribution in [0.25, 0.3) is 0 Å². The third-order valence-electron chi connectivity index (χ3n) is 3.84. The van der Waals surface area contributed by atoms with E-state index in [-0.39, 0.29) is 5.97 Å². The Bertz CT molecular complexity index is 470. The molecule has 2 N–H and O–H groups in total. The fraction of sp³-hybridized carbons (Fsp3) is 0.600. The Morgan fingerprint density at radius 3 is 2.80 bits per heavy atom. The van der Waals surface area contributed by atoms with Crippen LogP contribution in [0.2, 0.25) is 0 Å². The third-order valence-corrected chi connectivity index (χ3v) is 3.84. The van der Waals surface area contributed by atoms with Crippen molar-refractivity contribution in [1.29, 1.82) is 0 Å². The van der Waals surface area contributed by atoms with Gasteiger partial charge in [-0.25, -0.2) is 9.78 Å². The summed E-state index contributed by atoms with van der Waals surface area (Å²) in [6.07, 6.45) is 7.65. The summed E-state index contributed by atoms with van der Waals surface area (Å²) in [4.78, 5) is 18.5. The number of aromatic nitrogens is 1. The van der Waals surface area contributed by atoms with E-state index in [0.29, 0.717) is 29.7 Å². The van der Waals surface area contributed by atoms with Crippen LogP contribution < -0.4 is 10.6 Å². The molecular formula is C15H23N3O2. The highest BCUT2D eigenvalue weighted by molar-refractivity contribution is 5.95. The molecule has 1 heterocycles. The summed E-state index contributed by atoms with van der Waals surface area (Å²) in [5, 5.41) is 0. The molecule has 1 aromatic rings. The molecule has 1 aromatic heterocycles. The van der Waals surface area contributed by atoms with E-state index >= 15 is 0 Å². The Morgan fingerprint density at radius 2 is 2.15 bits per heavy atom. The van der Waals surface area contributed by atoms with Crippen molar-refractivity contribution >= 4 is 17.5 Å². The zero-order chi connectivity index (χ0) is 14.5. The summed E-state index contributed by atoms with van der Waals surface area (Å²) in [5.74, 6) is 0.314. The van der Waals surface area contributed by atoms with Crippen LogP contribution in [0, 0.1) is 0 Å². The summed E-state index contributed by atoms with van der Waals surface area (Å²) in [6.45, 7) is 2.14. The van der Waals surface area contributed by atoms with Crippen LogP contribution in [0.4, 0.5) is 11.5 Å². The number of carbonyl (C=O) groups excluding carboxylic acids is 1. The van der Waals surface area contributed by atoms with Crippen LogP contribution in [-0.4, -0.2) is 30.6 Å². The molecule has 0 bridgehead atoms. The average molecular weight is 277 g/mol. The molecule has 1 aliphatic rings. The van der Waals surface area contributed by atoms with E-state index in [0.717, 1.165) is 12.8 Å². The van der Waals surface area contributed by atoms with E-state index in [2.05, 4.69) is 9.88 Å². The fourth-order valence-corrected chi connectivity index (χ4v) is 2.76. The van der Waals surface area contributed by atoms with Gasteiger partial charge in [-0.2, -0.15) is 0 Å². The number of anilines is 2. The predicted molar refractivity (Wildman–Crippen MR) is 79.9 cm³/mol. The van der Waals surface area contributed by atoms with E-state index in [1.165, 1.54) is 19.3 Å². The second kappa shape index (κ2) is 6.59. The number of nitrogens with two attached hydrogens (primary N) is 1. The molecule has 0 spiro atoms. The van der Waals surface area contributed by atoms with E-state index < -0.39 is 0 Å². The van der Waals surface area contributed by atoms with Crippen LogP contribution >= 0.6 is 0 Å². The maximum Gasteiger partial charge on any atom is 0.341 e. The van der Waals surface area contributed by atoms with Gasteiger partial charge in [-0.3, -0.25) is 0 Å². The van der Waals surface area contributed by atoms with E-state index in [9.17, 15) is 4.79 Å². The highest BCUT2D eigenvalue weighted by Gasteiger charge is 2.24. The van der Waals surface area contributed by atoms with Crippen molar-refractivity contribution in [3.8, 4) is 0 Å². The number of esters is 1. The number of nitrogens with zero attached hydrogens (tertiary/aromatic N) is 2. The van der Waals surface area contributed by atoms with E-state index in [1.54, 1.807) is 19.2 Å². The fourth-order valence-electron chi connectivity index (χ4n) is 2.76. The predicted octanol–water partition coefficient (Wildman–Crippen LogP) is 2.61. The lowest BCUT2D eigenvalue weighted by Crippen LogP contribution is -2.35. The second-order valence-electron chi connectivity index (χ2n) is 5.26. The molecule has 110 valence electrons. The Balaban J connectivity index is 2.27. The van der Waals surface area contributed by atoms with Gasteiger partial charge in [-0.1, -0.05) is 19.3 Å². The first-order valence-corrected chi connectivity index (χ1v) is 7.29. The van der Waals surface area contributed by atoms with Gasteiger partial charge in [0.15, 0.2) is 0 Å². The molecule has 1 fully saturated rings. The molecule has 0 amide bonds. The van der Waals surface area contributed by atoms with Crippen molar-refractivity contribution in [3.05, 3.63) is 17.8 Å². The van der Waals surface area contributed by atoms with Gasteiger partial charge in [-0.05, 0) is 25.8 Å². The molecule has 2 rings (SSSR count). The van der Waals surface area contributed by atoms with Crippen molar-refractivity contribution in [2.24, 2.45) is 0 Å². The van der Waals surface area contributed by atoms with E-state index in [4.69, 9.17) is 10.5 Å². The highest BCUT2D eigenvalue weighted by atomic mass is 16.5. The minimum absolute atomic E-state index is 0.347. The Morgan fingerprint density at radius 1 is 1.45 bits per heavy atom. The number of ether oxygens (including phenoxy) is 1. The molecule has 0 atom stereocenters. The maximum absolute atomic E-state index is 12.1. The van der Waals surface area contributed by atoms with Crippen molar-refractivity contribution in [3.63, 3.8) is 0 Å². The number of pyridine rings is 1. The number of carbonyl (C=O) groups is 1. The number of hydrogen-bond acceptors (Lipinski definition) is 5. The van der Waals surface area contributed by atoms with Crippen LogP contribution in [0.3, 0.4) is 0 Å². The first-order chi connectivity index (χ1) is 9.63. The molecule has 0 radical (unpaired) electrons. The smallest absolute Gasteiger partial charge is 0.341 e. The van der Waals surface area contributed by atoms with E-state index in [1.807, 2.05) is 7.05 Å². The quantitative estimate of drug-likeness (QED) is 0.857. The van der Waals surface area contributed by atoms with Crippen LogP contribution in [0.1, 0.15) is 49.4 Å². The molecule has 0 unspecified atom stereocenters. The van der Waals surface area contributed by atoms with Crippen LogP contribution in [0.5, 0.6) is 0 Å². The topological polar surface area (TPSA) is 68.5 Å². The SMILES string of the molecule is CCOC(=O)c1cc(N)cnc1N(C)C1CCCCC1. The number of rotatable bonds is 4. The molecule has 1 aliphatic carbocycles. The van der Waals surface area contributed by atoms with Gasteiger partial charge in [-0.15, -0.1) is 0 Å². The zero-order valence-corrected chi connectivity index (χ0v) is 12.3. The van der Waals surface area contributed by atoms with Gasteiger partial charge in [0.05, 0.1) is 18.5 Å². The molecule has 0 aliphatic heterocycles. The molecule has 5 heteroatoms. The normalized spacial score (nSPS) is 15.9. The van der Waals surface area contributed by atoms with Gasteiger partial charge in [0.1, 0.15) is 11.4 Å². The lowest BCUT2D eigenvalue weighted by Gasteiger charge is -2.32. The molecule has 20 heavy (non-hydrogen) atoms. The average Bonchev–Trinajstić information content (AvgIpc) is 2.47. The van der Waals surface area contributed by atoms with Crippen molar-refractivity contribution in [2.45, 2.75) is 45.1 Å². The minimum atomic E-state index is -0.357. The Kier molecular flexibility index (Phi) is 4.82. The van der Waals surface area contributed by atoms with Gasteiger partial charge in [0.2, 0.25) is 0 Å². The molecule has 5 nitrogen and oxygen atoms in total. The molecule has 0 aromatic carbocycles. The summed E-state index contributed by atoms with van der Waals surface area (Å²) >= 11 is 0. The zero-order valence-electron chi connectivity index (χ0n) is 12.3. The number of hydrogen-bond donors (Lipinski definition) is 1. The first kappa shape index (κ1) is 14.6. The van der Waals surface area contributed by atoms with Crippen molar-refractivity contribution in [1.82, 2.24) is 4.98 Å². The van der Waals surface area contributed by atoms with Gasteiger partial charge in [0.25, 0.3) is 0 Å². The van der Waals surface area contributed by atoms with Gasteiger partial charge >= 0.3 is 5.97 Å². The van der Waals surface area contributed by atoms with Gasteiger partial charge < -0.3 is 15.4 Å².